The minimum absolute atomic E-state index is 0.145. The zero-order chi connectivity index (χ0) is 15.2. The van der Waals surface area contributed by atoms with E-state index >= 15 is 0 Å². The summed E-state index contributed by atoms with van der Waals surface area (Å²) in [7, 11) is 4.12. The van der Waals surface area contributed by atoms with Gasteiger partial charge in [-0.15, -0.1) is 0 Å². The van der Waals surface area contributed by atoms with Crippen LogP contribution in [0.15, 0.2) is 36.0 Å². The number of nitrogens with zero attached hydrogens (tertiary/aromatic N) is 3. The monoisotopic (exact) mass is 281 g/mol. The number of allylic oxidation sites excluding steroid dienone is 1. The van der Waals surface area contributed by atoms with Gasteiger partial charge in [0, 0.05) is 29.2 Å². The zero-order valence-corrected chi connectivity index (χ0v) is 12.4. The third-order valence-corrected chi connectivity index (χ3v) is 3.39. The molecule has 2 rings (SSSR count). The van der Waals surface area contributed by atoms with Gasteiger partial charge in [-0.05, 0) is 39.2 Å². The van der Waals surface area contributed by atoms with E-state index in [0.717, 1.165) is 36.0 Å². The van der Waals surface area contributed by atoms with Gasteiger partial charge in [-0.3, -0.25) is 4.79 Å². The van der Waals surface area contributed by atoms with E-state index in [4.69, 9.17) is 5.26 Å². The van der Waals surface area contributed by atoms with Gasteiger partial charge in [-0.25, -0.2) is 0 Å². The van der Waals surface area contributed by atoms with Crippen LogP contribution in [0.25, 0.3) is 17.0 Å². The Hall–Kier alpha value is -2.38. The molecule has 0 unspecified atom stereocenters. The van der Waals surface area contributed by atoms with Crippen molar-refractivity contribution < 1.29 is 4.79 Å². The Kier molecular flexibility index (Phi) is 4.91. The van der Waals surface area contributed by atoms with E-state index < -0.39 is 0 Å². The number of benzene rings is 1. The van der Waals surface area contributed by atoms with Crippen molar-refractivity contribution in [3.05, 3.63) is 41.6 Å². The minimum atomic E-state index is 0.145. The Labute approximate surface area is 124 Å². The summed E-state index contributed by atoms with van der Waals surface area (Å²) in [5.41, 5.74) is 2.19. The first-order valence-corrected chi connectivity index (χ1v) is 6.95. The Morgan fingerprint density at radius 2 is 2.14 bits per heavy atom. The van der Waals surface area contributed by atoms with Crippen molar-refractivity contribution in [3.8, 4) is 6.07 Å². The van der Waals surface area contributed by atoms with Crippen LogP contribution in [-0.4, -0.2) is 36.4 Å². The second kappa shape index (κ2) is 6.87. The van der Waals surface area contributed by atoms with Crippen LogP contribution in [0.5, 0.6) is 0 Å². The fourth-order valence-corrected chi connectivity index (χ4v) is 2.39. The van der Waals surface area contributed by atoms with E-state index in [0.29, 0.717) is 6.29 Å². The van der Waals surface area contributed by atoms with Crippen molar-refractivity contribution in [2.75, 3.05) is 20.6 Å². The zero-order valence-electron chi connectivity index (χ0n) is 12.4. The van der Waals surface area contributed by atoms with E-state index in [1.807, 2.05) is 30.5 Å². The fourth-order valence-electron chi connectivity index (χ4n) is 2.39. The Morgan fingerprint density at radius 1 is 1.38 bits per heavy atom. The van der Waals surface area contributed by atoms with Gasteiger partial charge < -0.3 is 9.47 Å². The number of hydrogen-bond acceptors (Lipinski definition) is 3. The highest BCUT2D eigenvalue weighted by Crippen LogP contribution is 2.23. The topological polar surface area (TPSA) is 49.0 Å². The normalized spacial score (nSPS) is 11.8. The first kappa shape index (κ1) is 15.0. The van der Waals surface area contributed by atoms with Gasteiger partial charge in [0.15, 0.2) is 6.29 Å². The van der Waals surface area contributed by atoms with Gasteiger partial charge in [0.1, 0.15) is 6.07 Å². The van der Waals surface area contributed by atoms with Gasteiger partial charge in [0.2, 0.25) is 0 Å². The van der Waals surface area contributed by atoms with Crippen molar-refractivity contribution in [3.63, 3.8) is 0 Å². The van der Waals surface area contributed by atoms with Gasteiger partial charge in [0.05, 0.1) is 5.57 Å². The van der Waals surface area contributed by atoms with Gasteiger partial charge in [0.25, 0.3) is 0 Å². The van der Waals surface area contributed by atoms with Crippen LogP contribution in [0.2, 0.25) is 0 Å². The second-order valence-corrected chi connectivity index (χ2v) is 5.28. The molecular formula is C17H19N3O. The molecule has 0 aliphatic rings. The molecule has 21 heavy (non-hydrogen) atoms. The van der Waals surface area contributed by atoms with Crippen LogP contribution in [0.1, 0.15) is 12.0 Å². The largest absolute Gasteiger partial charge is 0.347 e. The maximum atomic E-state index is 10.8. The van der Waals surface area contributed by atoms with E-state index in [1.165, 1.54) is 0 Å². The van der Waals surface area contributed by atoms with E-state index in [9.17, 15) is 4.79 Å². The number of aryl methyl sites for hydroxylation is 1. The Balaban J connectivity index is 2.37. The molecule has 0 aliphatic heterocycles. The number of aldehydes is 1. The predicted molar refractivity (Wildman–Crippen MR) is 84.8 cm³/mol. The lowest BCUT2D eigenvalue weighted by Gasteiger charge is -2.10. The number of rotatable bonds is 6. The highest BCUT2D eigenvalue weighted by atomic mass is 16.1. The van der Waals surface area contributed by atoms with E-state index in [-0.39, 0.29) is 5.57 Å². The summed E-state index contributed by atoms with van der Waals surface area (Å²) in [6.07, 6.45) is 5.31. The molecule has 0 spiro atoms. The molecule has 0 amide bonds. The summed E-state index contributed by atoms with van der Waals surface area (Å²) in [4.78, 5) is 13.0. The lowest BCUT2D eigenvalue weighted by molar-refractivity contribution is -0.104. The van der Waals surface area contributed by atoms with Crippen LogP contribution >= 0.6 is 0 Å². The number of hydrogen-bond donors (Lipinski definition) is 0. The number of aromatic nitrogens is 1. The molecule has 0 N–H and O–H groups in total. The predicted octanol–water partition coefficient (Wildman–Crippen LogP) is 2.70. The summed E-state index contributed by atoms with van der Waals surface area (Å²) < 4.78 is 2.18. The summed E-state index contributed by atoms with van der Waals surface area (Å²) in [6, 6.07) is 9.96. The molecule has 1 heterocycles. The summed E-state index contributed by atoms with van der Waals surface area (Å²) in [5, 5.41) is 9.97. The number of carbonyl (C=O) groups is 1. The molecule has 0 saturated carbocycles. The van der Waals surface area contributed by atoms with Crippen molar-refractivity contribution in [2.45, 2.75) is 13.0 Å². The van der Waals surface area contributed by atoms with Crippen molar-refractivity contribution >= 4 is 23.3 Å². The average Bonchev–Trinajstić information content (AvgIpc) is 2.83. The molecule has 0 fully saturated rings. The lowest BCUT2D eigenvalue weighted by atomic mass is 10.1. The second-order valence-electron chi connectivity index (χ2n) is 5.28. The summed E-state index contributed by atoms with van der Waals surface area (Å²) in [6.45, 7) is 1.94. The highest BCUT2D eigenvalue weighted by molar-refractivity contribution is 5.95. The van der Waals surface area contributed by atoms with Crippen LogP contribution in [0.3, 0.4) is 0 Å². The number of para-hydroxylation sites is 1. The van der Waals surface area contributed by atoms with Crippen molar-refractivity contribution in [1.82, 2.24) is 9.47 Å². The van der Waals surface area contributed by atoms with Gasteiger partial charge in [-0.1, -0.05) is 18.2 Å². The number of carbonyl (C=O) groups excluding carboxylic acids is 1. The van der Waals surface area contributed by atoms with Gasteiger partial charge in [-0.2, -0.15) is 5.26 Å². The molecule has 0 aliphatic carbocycles. The van der Waals surface area contributed by atoms with E-state index in [1.54, 1.807) is 6.08 Å². The molecule has 0 saturated heterocycles. The molecule has 1 aromatic carbocycles. The number of nitriles is 1. The van der Waals surface area contributed by atoms with Crippen LogP contribution in [-0.2, 0) is 11.3 Å². The summed E-state index contributed by atoms with van der Waals surface area (Å²) in [5.74, 6) is 0. The molecule has 2 aromatic rings. The van der Waals surface area contributed by atoms with Crippen molar-refractivity contribution in [1.29, 1.82) is 5.26 Å². The molecule has 108 valence electrons. The Bertz CT molecular complexity index is 704. The smallest absolute Gasteiger partial charge is 0.160 e. The fraction of sp³-hybridized carbons (Fsp3) is 0.294. The molecule has 1 aromatic heterocycles. The van der Waals surface area contributed by atoms with E-state index in [2.05, 4.69) is 29.6 Å². The third-order valence-electron chi connectivity index (χ3n) is 3.39. The third kappa shape index (κ3) is 3.59. The van der Waals surface area contributed by atoms with Crippen LogP contribution < -0.4 is 0 Å². The molecule has 4 heteroatoms. The lowest BCUT2D eigenvalue weighted by Crippen LogP contribution is -2.14. The quantitative estimate of drug-likeness (QED) is 0.465. The first-order chi connectivity index (χ1) is 10.2. The molecule has 0 radical (unpaired) electrons. The maximum absolute atomic E-state index is 10.8. The van der Waals surface area contributed by atoms with Crippen LogP contribution in [0, 0.1) is 11.3 Å². The van der Waals surface area contributed by atoms with Gasteiger partial charge >= 0.3 is 0 Å². The van der Waals surface area contributed by atoms with Crippen LogP contribution in [0.4, 0.5) is 0 Å². The summed E-state index contributed by atoms with van der Waals surface area (Å²) >= 11 is 0. The highest BCUT2D eigenvalue weighted by Gasteiger charge is 2.07. The minimum Gasteiger partial charge on any atom is -0.347 e. The maximum Gasteiger partial charge on any atom is 0.160 e. The standard InChI is InChI=1S/C17H19N3O/c1-19(2)8-5-9-20-12-15(10-14(11-18)13-21)16-6-3-4-7-17(16)20/h3-4,6-7,10,12-13H,5,8-9H2,1-2H3/b14-10+. The number of fused-ring (bicyclic) bond motifs is 1. The first-order valence-electron chi connectivity index (χ1n) is 6.95. The van der Waals surface area contributed by atoms with Crippen molar-refractivity contribution in [2.24, 2.45) is 0 Å². The molecule has 0 bridgehead atoms. The average molecular weight is 281 g/mol. The molecule has 4 nitrogen and oxygen atoms in total. The molecular weight excluding hydrogens is 262 g/mol. The SMILES string of the molecule is CN(C)CCCn1cc(/C=C(\C#N)C=O)c2ccccc21. The molecule has 0 atom stereocenters. The Morgan fingerprint density at radius 3 is 2.81 bits per heavy atom.